The Kier molecular flexibility index (Phi) is 7.19. The van der Waals surface area contributed by atoms with Crippen molar-refractivity contribution < 1.29 is 0 Å². The van der Waals surface area contributed by atoms with Gasteiger partial charge in [0.2, 0.25) is 0 Å². The molecule has 0 saturated carbocycles. The van der Waals surface area contributed by atoms with E-state index in [-0.39, 0.29) is 5.41 Å². The Hall–Kier alpha value is -6.64. The van der Waals surface area contributed by atoms with Gasteiger partial charge in [0.05, 0.1) is 16.9 Å². The molecule has 0 atom stereocenters. The van der Waals surface area contributed by atoms with Crippen LogP contribution in [0.25, 0.3) is 60.9 Å². The zero-order valence-corrected chi connectivity index (χ0v) is 29.9. The highest BCUT2D eigenvalue weighted by atomic mass is 15.1. The largest absolute Gasteiger partial charge is 0.310 e. The van der Waals surface area contributed by atoms with Crippen LogP contribution in [0.3, 0.4) is 0 Å². The maximum Gasteiger partial charge on any atom is 0.0540 e. The fourth-order valence-corrected chi connectivity index (χ4v) is 8.52. The highest BCUT2D eigenvalue weighted by Crippen LogP contribution is 2.51. The van der Waals surface area contributed by atoms with Gasteiger partial charge in [-0.05, 0) is 98.9 Å². The van der Waals surface area contributed by atoms with Gasteiger partial charge in [-0.3, -0.25) is 0 Å². The van der Waals surface area contributed by atoms with Gasteiger partial charge in [0, 0.05) is 33.2 Å². The van der Waals surface area contributed by atoms with Gasteiger partial charge in [0.25, 0.3) is 0 Å². The van der Waals surface area contributed by atoms with Crippen LogP contribution in [0.2, 0.25) is 0 Å². The van der Waals surface area contributed by atoms with Gasteiger partial charge in [0.1, 0.15) is 0 Å². The van der Waals surface area contributed by atoms with Gasteiger partial charge in [-0.2, -0.15) is 0 Å². The second kappa shape index (κ2) is 12.3. The topological polar surface area (TPSA) is 8.17 Å². The second-order valence-electron chi connectivity index (χ2n) is 14.6. The summed E-state index contributed by atoms with van der Waals surface area (Å²) in [4.78, 5) is 2.43. The van der Waals surface area contributed by atoms with Gasteiger partial charge >= 0.3 is 0 Å². The molecule has 0 fully saturated rings. The van der Waals surface area contributed by atoms with Crippen LogP contribution in [0.4, 0.5) is 17.1 Å². The van der Waals surface area contributed by atoms with Gasteiger partial charge < -0.3 is 9.47 Å². The van der Waals surface area contributed by atoms with Crippen molar-refractivity contribution in [2.75, 3.05) is 4.90 Å². The summed E-state index contributed by atoms with van der Waals surface area (Å²) in [6.45, 7) is 4.70. The van der Waals surface area contributed by atoms with Crippen molar-refractivity contribution in [2.45, 2.75) is 19.3 Å². The molecule has 0 unspecified atom stereocenters. The molecule has 9 aromatic rings. The van der Waals surface area contributed by atoms with Crippen LogP contribution >= 0.6 is 0 Å². The predicted octanol–water partition coefficient (Wildman–Crippen LogP) is 13.9. The SMILES string of the molecule is CC1(C)c2ccccc2-c2ccc(N(c3ccc(-c4ccc(-n5c(-c6ccccc6)cc6ccccc65)cc4)cc3)c3cccc4ccccc34)cc21. The third-order valence-electron chi connectivity index (χ3n) is 11.2. The van der Waals surface area contributed by atoms with Crippen molar-refractivity contribution in [3.63, 3.8) is 0 Å². The molecule has 53 heavy (non-hydrogen) atoms. The maximum atomic E-state index is 2.43. The van der Waals surface area contributed by atoms with Crippen LogP contribution in [-0.2, 0) is 5.41 Å². The molecule has 0 amide bonds. The molecule has 8 aromatic carbocycles. The molecule has 10 rings (SSSR count). The van der Waals surface area contributed by atoms with E-state index < -0.39 is 0 Å². The first-order valence-corrected chi connectivity index (χ1v) is 18.4. The smallest absolute Gasteiger partial charge is 0.0540 e. The normalized spacial score (nSPS) is 12.9. The van der Waals surface area contributed by atoms with E-state index in [9.17, 15) is 0 Å². The molecule has 252 valence electrons. The first kappa shape index (κ1) is 31.1. The number of rotatable bonds is 6. The van der Waals surface area contributed by atoms with Crippen molar-refractivity contribution in [3.05, 3.63) is 205 Å². The van der Waals surface area contributed by atoms with Crippen molar-refractivity contribution in [1.82, 2.24) is 4.57 Å². The summed E-state index contributed by atoms with van der Waals surface area (Å²) in [5.41, 5.74) is 15.9. The maximum absolute atomic E-state index is 2.43. The van der Waals surface area contributed by atoms with Gasteiger partial charge in [-0.15, -0.1) is 0 Å². The number of anilines is 3. The fraction of sp³-hybridized carbons (Fsp3) is 0.0588. The molecule has 2 nitrogen and oxygen atoms in total. The lowest BCUT2D eigenvalue weighted by Gasteiger charge is -2.29. The summed E-state index contributed by atoms with van der Waals surface area (Å²) < 4.78 is 2.37. The van der Waals surface area contributed by atoms with Crippen LogP contribution in [-0.4, -0.2) is 4.57 Å². The lowest BCUT2D eigenvalue weighted by molar-refractivity contribution is 0.660. The molecule has 0 spiro atoms. The van der Waals surface area contributed by atoms with Gasteiger partial charge in [-0.1, -0.05) is 153 Å². The number of hydrogen-bond donors (Lipinski definition) is 0. The van der Waals surface area contributed by atoms with E-state index in [1.54, 1.807) is 0 Å². The molecule has 1 aromatic heterocycles. The van der Waals surface area contributed by atoms with E-state index in [0.29, 0.717) is 0 Å². The van der Waals surface area contributed by atoms with E-state index in [0.717, 1.165) is 17.1 Å². The van der Waals surface area contributed by atoms with E-state index in [4.69, 9.17) is 0 Å². The number of aromatic nitrogens is 1. The first-order valence-electron chi connectivity index (χ1n) is 18.4. The average Bonchev–Trinajstić information content (AvgIpc) is 3.71. The Labute approximate surface area is 310 Å². The van der Waals surface area contributed by atoms with Crippen LogP contribution in [0.1, 0.15) is 25.0 Å². The van der Waals surface area contributed by atoms with Crippen molar-refractivity contribution in [3.8, 4) is 39.2 Å². The quantitative estimate of drug-likeness (QED) is 0.170. The average molecular weight is 679 g/mol. The Morgan fingerprint density at radius 2 is 1.06 bits per heavy atom. The molecule has 0 aliphatic heterocycles. The lowest BCUT2D eigenvalue weighted by Crippen LogP contribution is -2.16. The Morgan fingerprint density at radius 3 is 1.87 bits per heavy atom. The summed E-state index contributed by atoms with van der Waals surface area (Å²) in [6, 6.07) is 70.8. The van der Waals surface area contributed by atoms with Crippen LogP contribution in [0.5, 0.6) is 0 Å². The number of para-hydroxylation sites is 1. The van der Waals surface area contributed by atoms with E-state index in [1.165, 1.54) is 72.0 Å². The molecule has 1 aliphatic rings. The number of benzene rings is 8. The summed E-state index contributed by atoms with van der Waals surface area (Å²) >= 11 is 0. The molecular weight excluding hydrogens is 641 g/mol. The number of hydrogen-bond acceptors (Lipinski definition) is 1. The first-order chi connectivity index (χ1) is 26.0. The van der Waals surface area contributed by atoms with E-state index in [2.05, 4.69) is 217 Å². The molecule has 0 bridgehead atoms. The third-order valence-corrected chi connectivity index (χ3v) is 11.2. The predicted molar refractivity (Wildman–Crippen MR) is 224 cm³/mol. The van der Waals surface area contributed by atoms with Crippen molar-refractivity contribution in [2.24, 2.45) is 0 Å². The summed E-state index contributed by atoms with van der Waals surface area (Å²) in [5, 5.41) is 3.69. The highest BCUT2D eigenvalue weighted by molar-refractivity contribution is 5.99. The summed E-state index contributed by atoms with van der Waals surface area (Å²) in [7, 11) is 0. The van der Waals surface area contributed by atoms with Crippen molar-refractivity contribution in [1.29, 1.82) is 0 Å². The minimum atomic E-state index is -0.0861. The molecule has 1 heterocycles. The number of nitrogens with zero attached hydrogens (tertiary/aromatic N) is 2. The molecule has 1 aliphatic carbocycles. The highest BCUT2D eigenvalue weighted by Gasteiger charge is 2.35. The van der Waals surface area contributed by atoms with Gasteiger partial charge in [0.15, 0.2) is 0 Å². The van der Waals surface area contributed by atoms with Crippen LogP contribution < -0.4 is 4.90 Å². The minimum absolute atomic E-state index is 0.0861. The Balaban J connectivity index is 1.05. The third kappa shape index (κ3) is 5.10. The Bertz CT molecular complexity index is 2780. The summed E-state index contributed by atoms with van der Waals surface area (Å²) in [5.74, 6) is 0. The van der Waals surface area contributed by atoms with Gasteiger partial charge in [-0.25, -0.2) is 0 Å². The molecule has 0 radical (unpaired) electrons. The Morgan fingerprint density at radius 1 is 0.434 bits per heavy atom. The zero-order valence-electron chi connectivity index (χ0n) is 29.9. The lowest BCUT2D eigenvalue weighted by atomic mass is 9.82. The van der Waals surface area contributed by atoms with Crippen molar-refractivity contribution >= 4 is 38.7 Å². The molecular formula is C51H38N2. The fourth-order valence-electron chi connectivity index (χ4n) is 8.52. The van der Waals surface area contributed by atoms with Crippen LogP contribution in [0, 0.1) is 0 Å². The van der Waals surface area contributed by atoms with E-state index in [1.807, 2.05) is 0 Å². The second-order valence-corrected chi connectivity index (χ2v) is 14.6. The summed E-state index contributed by atoms with van der Waals surface area (Å²) in [6.07, 6.45) is 0. The minimum Gasteiger partial charge on any atom is -0.310 e. The number of fused-ring (bicyclic) bond motifs is 5. The molecule has 0 N–H and O–H groups in total. The van der Waals surface area contributed by atoms with E-state index >= 15 is 0 Å². The molecule has 0 saturated heterocycles. The zero-order chi connectivity index (χ0) is 35.5. The monoisotopic (exact) mass is 678 g/mol. The molecule has 2 heteroatoms. The van der Waals surface area contributed by atoms with Crippen LogP contribution in [0.15, 0.2) is 194 Å². The standard InChI is InChI=1S/C51H38N2/c1-51(2)46-20-10-9-19-44(46)45-32-31-42(34-47(45)51)52(49-22-12-17-37-13-6-8-18-43(37)49)40-27-23-35(24-28-40)36-25-29-41(30-26-36)53-48-21-11-7-16-39(48)33-50(53)38-14-4-3-5-15-38/h3-34H,1-2H3.